The van der Waals surface area contributed by atoms with Crippen LogP contribution in [0.2, 0.25) is 0 Å². The molecule has 1 aromatic carbocycles. The van der Waals surface area contributed by atoms with Gasteiger partial charge in [0, 0.05) is 23.2 Å². The van der Waals surface area contributed by atoms with Crippen LogP contribution in [-0.2, 0) is 11.2 Å². The van der Waals surface area contributed by atoms with Crippen LogP contribution in [0.3, 0.4) is 0 Å². The van der Waals surface area contributed by atoms with Gasteiger partial charge in [0.05, 0.1) is 12.1 Å². The smallest absolute Gasteiger partial charge is 0.232 e. The van der Waals surface area contributed by atoms with E-state index in [0.29, 0.717) is 16.6 Å². The Morgan fingerprint density at radius 1 is 1.33 bits per heavy atom. The Bertz CT molecular complexity index is 733. The molecule has 0 radical (unpaired) electrons. The van der Waals surface area contributed by atoms with E-state index in [2.05, 4.69) is 15.5 Å². The highest BCUT2D eigenvalue weighted by molar-refractivity contribution is 7.13. The highest BCUT2D eigenvalue weighted by Crippen LogP contribution is 2.21. The standard InChI is InChI=1S/C15H13N3O2S/c1-10-2-4-11(5-3-10)13-8-12(18-20-13)9-14(19)17-15-16-6-7-21-15/h2-8H,9H2,1H3,(H,16,17,19). The molecule has 0 aliphatic rings. The maximum Gasteiger partial charge on any atom is 0.232 e. The quantitative estimate of drug-likeness (QED) is 0.802. The van der Waals surface area contributed by atoms with Crippen molar-refractivity contribution in [3.63, 3.8) is 0 Å². The van der Waals surface area contributed by atoms with Crippen LogP contribution in [0.4, 0.5) is 5.13 Å². The number of amides is 1. The van der Waals surface area contributed by atoms with Crippen molar-refractivity contribution < 1.29 is 9.32 Å². The maximum absolute atomic E-state index is 11.8. The van der Waals surface area contributed by atoms with Crippen LogP contribution in [0.15, 0.2) is 46.4 Å². The van der Waals surface area contributed by atoms with Gasteiger partial charge in [-0.3, -0.25) is 4.79 Å². The van der Waals surface area contributed by atoms with Gasteiger partial charge in [0.25, 0.3) is 0 Å². The highest BCUT2D eigenvalue weighted by atomic mass is 32.1. The molecular formula is C15H13N3O2S. The molecule has 1 N–H and O–H groups in total. The van der Waals surface area contributed by atoms with Crippen molar-refractivity contribution in [2.75, 3.05) is 5.32 Å². The lowest BCUT2D eigenvalue weighted by Crippen LogP contribution is -2.14. The number of hydrogen-bond donors (Lipinski definition) is 1. The van der Waals surface area contributed by atoms with E-state index in [0.717, 1.165) is 5.56 Å². The van der Waals surface area contributed by atoms with Crippen LogP contribution >= 0.6 is 11.3 Å². The number of anilines is 1. The van der Waals surface area contributed by atoms with Gasteiger partial charge >= 0.3 is 0 Å². The number of aryl methyl sites for hydroxylation is 1. The van der Waals surface area contributed by atoms with Gasteiger partial charge in [-0.15, -0.1) is 11.3 Å². The first-order valence-corrected chi connectivity index (χ1v) is 7.30. The van der Waals surface area contributed by atoms with Crippen molar-refractivity contribution in [1.29, 1.82) is 0 Å². The first-order valence-electron chi connectivity index (χ1n) is 6.43. The number of thiazole rings is 1. The molecule has 0 fully saturated rings. The minimum atomic E-state index is -0.159. The van der Waals surface area contributed by atoms with E-state index in [9.17, 15) is 4.79 Å². The molecular weight excluding hydrogens is 286 g/mol. The average Bonchev–Trinajstić information content (AvgIpc) is 3.11. The van der Waals surface area contributed by atoms with Crippen LogP contribution in [0.1, 0.15) is 11.3 Å². The Kier molecular flexibility index (Phi) is 3.79. The molecule has 0 aliphatic carbocycles. The van der Waals surface area contributed by atoms with Gasteiger partial charge in [0.1, 0.15) is 0 Å². The summed E-state index contributed by atoms with van der Waals surface area (Å²) >= 11 is 1.38. The van der Waals surface area contributed by atoms with Gasteiger partial charge < -0.3 is 9.84 Å². The third-order valence-corrected chi connectivity index (χ3v) is 3.60. The second-order valence-electron chi connectivity index (χ2n) is 4.61. The average molecular weight is 299 g/mol. The summed E-state index contributed by atoms with van der Waals surface area (Å²) in [5.41, 5.74) is 2.72. The van der Waals surface area contributed by atoms with Crippen molar-refractivity contribution in [3.05, 3.63) is 53.2 Å². The fraction of sp³-hybridized carbons (Fsp3) is 0.133. The molecule has 3 aromatic rings. The molecule has 0 unspecified atom stereocenters. The van der Waals surface area contributed by atoms with Gasteiger partial charge in [-0.2, -0.15) is 0 Å². The summed E-state index contributed by atoms with van der Waals surface area (Å²) in [6.45, 7) is 2.03. The van der Waals surface area contributed by atoms with Crippen LogP contribution < -0.4 is 5.32 Å². The molecule has 1 amide bonds. The summed E-state index contributed by atoms with van der Waals surface area (Å²) in [6, 6.07) is 9.73. The number of nitrogens with one attached hydrogen (secondary N) is 1. The van der Waals surface area contributed by atoms with E-state index in [1.54, 1.807) is 17.6 Å². The molecule has 0 aliphatic heterocycles. The van der Waals surface area contributed by atoms with E-state index >= 15 is 0 Å². The zero-order valence-electron chi connectivity index (χ0n) is 11.4. The van der Waals surface area contributed by atoms with E-state index in [1.807, 2.05) is 31.2 Å². The maximum atomic E-state index is 11.8. The molecule has 0 saturated heterocycles. The summed E-state index contributed by atoms with van der Waals surface area (Å²) in [6.07, 6.45) is 1.81. The van der Waals surface area contributed by atoms with Crippen molar-refractivity contribution in [1.82, 2.24) is 10.1 Å². The van der Waals surface area contributed by atoms with Gasteiger partial charge in [-0.25, -0.2) is 4.98 Å². The van der Waals surface area contributed by atoms with E-state index in [4.69, 9.17) is 4.52 Å². The van der Waals surface area contributed by atoms with Gasteiger partial charge in [-0.1, -0.05) is 35.0 Å². The normalized spacial score (nSPS) is 10.5. The minimum Gasteiger partial charge on any atom is -0.356 e. The van der Waals surface area contributed by atoms with E-state index < -0.39 is 0 Å². The Hall–Kier alpha value is -2.47. The molecule has 6 heteroatoms. The summed E-state index contributed by atoms with van der Waals surface area (Å²) in [7, 11) is 0. The summed E-state index contributed by atoms with van der Waals surface area (Å²) in [5.74, 6) is 0.501. The Balaban J connectivity index is 1.67. The van der Waals surface area contributed by atoms with E-state index in [1.165, 1.54) is 16.9 Å². The molecule has 21 heavy (non-hydrogen) atoms. The summed E-state index contributed by atoms with van der Waals surface area (Å²) in [4.78, 5) is 15.8. The molecule has 3 rings (SSSR count). The second-order valence-corrected chi connectivity index (χ2v) is 5.51. The fourth-order valence-electron chi connectivity index (χ4n) is 1.86. The molecule has 2 aromatic heterocycles. The van der Waals surface area contributed by atoms with Crippen LogP contribution in [0.5, 0.6) is 0 Å². The number of aromatic nitrogens is 2. The van der Waals surface area contributed by atoms with Crippen LogP contribution in [0.25, 0.3) is 11.3 Å². The Labute approximate surface area is 125 Å². The van der Waals surface area contributed by atoms with Crippen molar-refractivity contribution in [3.8, 4) is 11.3 Å². The van der Waals surface area contributed by atoms with Crippen LogP contribution in [-0.4, -0.2) is 16.0 Å². The largest absolute Gasteiger partial charge is 0.356 e. The number of nitrogens with zero attached hydrogens (tertiary/aromatic N) is 2. The predicted molar refractivity (Wildman–Crippen MR) is 81.1 cm³/mol. The number of carbonyl (C=O) groups is 1. The zero-order chi connectivity index (χ0) is 14.7. The molecule has 0 saturated carbocycles. The summed E-state index contributed by atoms with van der Waals surface area (Å²) in [5, 5.41) is 9.04. The molecule has 5 nitrogen and oxygen atoms in total. The lowest BCUT2D eigenvalue weighted by atomic mass is 10.1. The van der Waals surface area contributed by atoms with Gasteiger partial charge in [-0.05, 0) is 6.92 Å². The molecule has 2 heterocycles. The number of carbonyl (C=O) groups excluding carboxylic acids is 1. The third kappa shape index (κ3) is 3.35. The SMILES string of the molecule is Cc1ccc(-c2cc(CC(=O)Nc3nccs3)no2)cc1. The molecule has 0 spiro atoms. The van der Waals surface area contributed by atoms with Crippen LogP contribution in [0, 0.1) is 6.92 Å². The van der Waals surface area contributed by atoms with Gasteiger partial charge in [0.15, 0.2) is 10.9 Å². The lowest BCUT2D eigenvalue weighted by Gasteiger charge is -1.97. The first kappa shape index (κ1) is 13.5. The van der Waals surface area contributed by atoms with Crippen molar-refractivity contribution in [2.24, 2.45) is 0 Å². The summed E-state index contributed by atoms with van der Waals surface area (Å²) < 4.78 is 5.28. The fourth-order valence-corrected chi connectivity index (χ4v) is 2.41. The number of hydrogen-bond acceptors (Lipinski definition) is 5. The molecule has 0 bridgehead atoms. The Morgan fingerprint density at radius 3 is 2.86 bits per heavy atom. The zero-order valence-corrected chi connectivity index (χ0v) is 12.2. The molecule has 106 valence electrons. The van der Waals surface area contributed by atoms with Crippen molar-refractivity contribution in [2.45, 2.75) is 13.3 Å². The Morgan fingerprint density at radius 2 is 2.14 bits per heavy atom. The number of benzene rings is 1. The third-order valence-electron chi connectivity index (χ3n) is 2.92. The van der Waals surface area contributed by atoms with E-state index in [-0.39, 0.29) is 12.3 Å². The predicted octanol–water partition coefficient (Wildman–Crippen LogP) is 3.29. The monoisotopic (exact) mass is 299 g/mol. The number of rotatable bonds is 4. The minimum absolute atomic E-state index is 0.159. The van der Waals surface area contributed by atoms with Crippen molar-refractivity contribution >= 4 is 22.4 Å². The molecule has 0 atom stereocenters. The van der Waals surface area contributed by atoms with Gasteiger partial charge in [0.2, 0.25) is 5.91 Å². The first-order chi connectivity index (χ1) is 10.2. The lowest BCUT2D eigenvalue weighted by molar-refractivity contribution is -0.115. The highest BCUT2D eigenvalue weighted by Gasteiger charge is 2.11. The topological polar surface area (TPSA) is 68.0 Å². The second kappa shape index (κ2) is 5.88.